The van der Waals surface area contributed by atoms with E-state index >= 15 is 0 Å². The molecule has 1 aromatic carbocycles. The molecule has 29 heavy (non-hydrogen) atoms. The van der Waals surface area contributed by atoms with Gasteiger partial charge in [-0.2, -0.15) is 0 Å². The van der Waals surface area contributed by atoms with E-state index in [-0.39, 0.29) is 29.6 Å². The van der Waals surface area contributed by atoms with E-state index in [1.807, 2.05) is 12.1 Å². The number of halogens is 1. The summed E-state index contributed by atoms with van der Waals surface area (Å²) in [5.74, 6) is 0.0830. The van der Waals surface area contributed by atoms with Crippen LogP contribution in [0.25, 0.3) is 11.4 Å². The van der Waals surface area contributed by atoms with E-state index in [1.165, 1.54) is 6.07 Å². The number of amides is 1. The number of hydrogen-bond acceptors (Lipinski definition) is 4. The molecular weight excluding hydrogens is 367 g/mol. The Hall–Kier alpha value is -3.15. The van der Waals surface area contributed by atoms with Gasteiger partial charge < -0.3 is 5.32 Å². The molecule has 1 N–H and O–H groups in total. The average Bonchev–Trinajstić information content (AvgIpc) is 2.69. The van der Waals surface area contributed by atoms with Gasteiger partial charge in [0.05, 0.1) is 18.2 Å². The molecule has 0 bridgehead atoms. The molecule has 1 aliphatic rings. The quantitative estimate of drug-likeness (QED) is 0.730. The van der Waals surface area contributed by atoms with Crippen LogP contribution in [0.15, 0.2) is 55.0 Å². The van der Waals surface area contributed by atoms with Crippen LogP contribution in [0.4, 0.5) is 4.39 Å². The summed E-state index contributed by atoms with van der Waals surface area (Å²) >= 11 is 0. The number of rotatable bonds is 4. The second-order valence-corrected chi connectivity index (χ2v) is 8.26. The molecule has 5 nitrogen and oxygen atoms in total. The molecule has 1 atom stereocenters. The molecule has 0 fully saturated rings. The van der Waals surface area contributed by atoms with E-state index in [4.69, 9.17) is 4.98 Å². The maximum atomic E-state index is 13.9. The molecule has 4 rings (SSSR count). The fourth-order valence-corrected chi connectivity index (χ4v) is 3.88. The lowest BCUT2D eigenvalue weighted by Gasteiger charge is -2.36. The van der Waals surface area contributed by atoms with Gasteiger partial charge in [-0.3, -0.25) is 9.78 Å². The van der Waals surface area contributed by atoms with Crippen LogP contribution in [0.3, 0.4) is 0 Å². The molecule has 0 saturated heterocycles. The van der Waals surface area contributed by atoms with Crippen LogP contribution >= 0.6 is 0 Å². The minimum Gasteiger partial charge on any atom is -0.349 e. The van der Waals surface area contributed by atoms with Gasteiger partial charge in [-0.25, -0.2) is 14.4 Å². The molecular formula is C23H23FN4O. The number of nitrogens with zero attached hydrogens (tertiary/aromatic N) is 3. The lowest BCUT2D eigenvalue weighted by atomic mass is 9.74. The molecule has 2 aromatic heterocycles. The summed E-state index contributed by atoms with van der Waals surface area (Å²) in [5, 5.41) is 3.07. The first-order valence-electron chi connectivity index (χ1n) is 9.70. The zero-order chi connectivity index (χ0) is 20.4. The Balaban J connectivity index is 1.59. The van der Waals surface area contributed by atoms with Gasteiger partial charge in [-0.05, 0) is 42.0 Å². The zero-order valence-corrected chi connectivity index (χ0v) is 16.5. The SMILES string of the molecule is CC1(C)Cc2nc(-c3ccncc3)ncc2[C@H](NC(=O)Cc2ccccc2F)C1. The van der Waals surface area contributed by atoms with Gasteiger partial charge in [-0.15, -0.1) is 0 Å². The van der Waals surface area contributed by atoms with Crippen molar-refractivity contribution in [1.82, 2.24) is 20.3 Å². The van der Waals surface area contributed by atoms with Gasteiger partial charge in [0, 0.05) is 29.7 Å². The topological polar surface area (TPSA) is 67.8 Å². The van der Waals surface area contributed by atoms with Crippen LogP contribution in [0.1, 0.15) is 43.1 Å². The van der Waals surface area contributed by atoms with Crippen LogP contribution in [0.5, 0.6) is 0 Å². The predicted molar refractivity (Wildman–Crippen MR) is 108 cm³/mol. The number of fused-ring (bicyclic) bond motifs is 1. The summed E-state index contributed by atoms with van der Waals surface area (Å²) in [7, 11) is 0. The van der Waals surface area contributed by atoms with Crippen molar-refractivity contribution >= 4 is 5.91 Å². The Labute approximate surface area is 169 Å². The Morgan fingerprint density at radius 1 is 1.21 bits per heavy atom. The maximum Gasteiger partial charge on any atom is 0.225 e. The van der Waals surface area contributed by atoms with Gasteiger partial charge in [0.15, 0.2) is 5.82 Å². The van der Waals surface area contributed by atoms with Crippen LogP contribution in [-0.4, -0.2) is 20.9 Å². The average molecular weight is 390 g/mol. The molecule has 0 spiro atoms. The van der Waals surface area contributed by atoms with Gasteiger partial charge in [-0.1, -0.05) is 32.0 Å². The third-order valence-corrected chi connectivity index (χ3v) is 5.26. The minimum atomic E-state index is -0.364. The second kappa shape index (κ2) is 7.70. The standard InChI is InChI=1S/C23H23FN4O/c1-23(2)12-19(27-21(29)11-16-5-3-4-6-18(16)24)17-14-26-22(28-20(17)13-23)15-7-9-25-10-8-15/h3-10,14,19H,11-13H2,1-2H3,(H,27,29)/t19-/m1/s1. The monoisotopic (exact) mass is 390 g/mol. The molecule has 2 heterocycles. The number of hydrogen-bond donors (Lipinski definition) is 1. The summed E-state index contributed by atoms with van der Waals surface area (Å²) < 4.78 is 13.9. The first-order chi connectivity index (χ1) is 13.9. The van der Waals surface area contributed by atoms with Gasteiger partial charge in [0.2, 0.25) is 5.91 Å². The van der Waals surface area contributed by atoms with E-state index < -0.39 is 0 Å². The van der Waals surface area contributed by atoms with Gasteiger partial charge in [0.1, 0.15) is 5.82 Å². The van der Waals surface area contributed by atoms with E-state index in [0.717, 1.165) is 29.7 Å². The van der Waals surface area contributed by atoms with Crippen molar-refractivity contribution in [1.29, 1.82) is 0 Å². The number of carbonyl (C=O) groups excluding carboxylic acids is 1. The van der Waals surface area contributed by atoms with Crippen molar-refractivity contribution in [2.24, 2.45) is 5.41 Å². The number of benzene rings is 1. The summed E-state index contributed by atoms with van der Waals surface area (Å²) in [6, 6.07) is 9.92. The highest BCUT2D eigenvalue weighted by atomic mass is 19.1. The molecule has 148 valence electrons. The van der Waals surface area contributed by atoms with E-state index in [9.17, 15) is 9.18 Å². The lowest BCUT2D eigenvalue weighted by molar-refractivity contribution is -0.121. The highest BCUT2D eigenvalue weighted by molar-refractivity contribution is 5.79. The van der Waals surface area contributed by atoms with E-state index in [0.29, 0.717) is 11.4 Å². The van der Waals surface area contributed by atoms with Gasteiger partial charge in [0.25, 0.3) is 0 Å². The molecule has 1 aliphatic carbocycles. The molecule has 0 unspecified atom stereocenters. The third-order valence-electron chi connectivity index (χ3n) is 5.26. The third kappa shape index (κ3) is 4.31. The van der Waals surface area contributed by atoms with E-state index in [2.05, 4.69) is 29.1 Å². The Kier molecular flexibility index (Phi) is 5.09. The normalized spacial score (nSPS) is 17.4. The van der Waals surface area contributed by atoms with Crippen molar-refractivity contribution in [3.63, 3.8) is 0 Å². The van der Waals surface area contributed by atoms with Crippen molar-refractivity contribution in [2.45, 2.75) is 39.2 Å². The largest absolute Gasteiger partial charge is 0.349 e. The summed E-state index contributed by atoms with van der Waals surface area (Å²) in [6.07, 6.45) is 6.83. The van der Waals surface area contributed by atoms with Gasteiger partial charge >= 0.3 is 0 Å². The molecule has 0 radical (unpaired) electrons. The number of aromatic nitrogens is 3. The zero-order valence-electron chi connectivity index (χ0n) is 16.5. The fraction of sp³-hybridized carbons (Fsp3) is 0.304. The van der Waals surface area contributed by atoms with E-state index in [1.54, 1.807) is 36.8 Å². The first-order valence-corrected chi connectivity index (χ1v) is 9.70. The van der Waals surface area contributed by atoms with Crippen molar-refractivity contribution in [2.75, 3.05) is 0 Å². The molecule has 0 saturated carbocycles. The number of nitrogens with one attached hydrogen (secondary N) is 1. The minimum absolute atomic E-state index is 0.00882. The van der Waals surface area contributed by atoms with Crippen LogP contribution in [0.2, 0.25) is 0 Å². The maximum absolute atomic E-state index is 13.9. The van der Waals surface area contributed by atoms with Crippen LogP contribution < -0.4 is 5.32 Å². The summed E-state index contributed by atoms with van der Waals surface area (Å²) in [4.78, 5) is 26.0. The second-order valence-electron chi connectivity index (χ2n) is 8.26. The van der Waals surface area contributed by atoms with Crippen LogP contribution in [-0.2, 0) is 17.6 Å². The smallest absolute Gasteiger partial charge is 0.225 e. The summed E-state index contributed by atoms with van der Waals surface area (Å²) in [5.41, 5.74) is 3.16. The highest BCUT2D eigenvalue weighted by Crippen LogP contribution is 2.40. The summed E-state index contributed by atoms with van der Waals surface area (Å²) in [6.45, 7) is 4.33. The predicted octanol–water partition coefficient (Wildman–Crippen LogP) is 4.05. The Morgan fingerprint density at radius 2 is 1.97 bits per heavy atom. The molecule has 0 aliphatic heterocycles. The number of carbonyl (C=O) groups is 1. The van der Waals surface area contributed by atoms with Crippen molar-refractivity contribution in [3.05, 3.63) is 77.6 Å². The van der Waals surface area contributed by atoms with Crippen molar-refractivity contribution in [3.8, 4) is 11.4 Å². The first kappa shape index (κ1) is 19.2. The van der Waals surface area contributed by atoms with Crippen LogP contribution in [0, 0.1) is 11.2 Å². The number of pyridine rings is 1. The lowest BCUT2D eigenvalue weighted by Crippen LogP contribution is -2.38. The molecule has 3 aromatic rings. The fourth-order valence-electron chi connectivity index (χ4n) is 3.88. The molecule has 6 heteroatoms. The van der Waals surface area contributed by atoms with Crippen molar-refractivity contribution < 1.29 is 9.18 Å². The molecule has 1 amide bonds. The Morgan fingerprint density at radius 3 is 2.72 bits per heavy atom. The Bertz CT molecular complexity index is 1040. The highest BCUT2D eigenvalue weighted by Gasteiger charge is 2.34.